The van der Waals surface area contributed by atoms with E-state index in [1.165, 1.54) is 0 Å². The Hall–Kier alpha value is -2.65. The van der Waals surface area contributed by atoms with Crippen LogP contribution >= 0.6 is 0 Å². The molecule has 3 heteroatoms. The van der Waals surface area contributed by atoms with E-state index in [2.05, 4.69) is 0 Å². The highest BCUT2D eigenvalue weighted by molar-refractivity contribution is 5.90. The van der Waals surface area contributed by atoms with E-state index in [9.17, 15) is 9.90 Å². The van der Waals surface area contributed by atoms with Crippen LogP contribution in [0, 0.1) is 0 Å². The van der Waals surface area contributed by atoms with E-state index in [1.807, 2.05) is 60.7 Å². The second kappa shape index (κ2) is 5.77. The summed E-state index contributed by atoms with van der Waals surface area (Å²) in [6, 6.07) is 18.9. The molecule has 0 saturated heterocycles. The van der Waals surface area contributed by atoms with Crippen molar-refractivity contribution >= 4 is 6.29 Å². The van der Waals surface area contributed by atoms with Crippen molar-refractivity contribution in [3.8, 4) is 22.6 Å². The van der Waals surface area contributed by atoms with Gasteiger partial charge in [0.05, 0.1) is 12.2 Å². The highest BCUT2D eigenvalue weighted by Gasteiger charge is 2.21. The Morgan fingerprint density at radius 1 is 0.857 bits per heavy atom. The van der Waals surface area contributed by atoms with E-state index in [0.29, 0.717) is 22.6 Å². The lowest BCUT2D eigenvalue weighted by Crippen LogP contribution is -1.91. The lowest BCUT2D eigenvalue weighted by molar-refractivity contribution is 0.112. The quantitative estimate of drug-likeness (QED) is 0.736. The van der Waals surface area contributed by atoms with Crippen molar-refractivity contribution in [3.63, 3.8) is 0 Å². The van der Waals surface area contributed by atoms with Gasteiger partial charge in [0.1, 0.15) is 11.5 Å². The van der Waals surface area contributed by atoms with Crippen LogP contribution < -0.4 is 0 Å². The molecule has 1 aromatic heterocycles. The largest absolute Gasteiger partial charge is 0.455 e. The standard InChI is InChI=1S/C18H14O3/c19-11-15-16(12-20)18(14-9-5-2-6-10-14)21-17(15)13-7-3-1-4-8-13/h1-11,20H,12H2. The van der Waals surface area contributed by atoms with Crippen molar-refractivity contribution in [3.05, 3.63) is 71.8 Å². The van der Waals surface area contributed by atoms with Crippen LogP contribution in [0.4, 0.5) is 0 Å². The first-order chi connectivity index (χ1) is 10.3. The summed E-state index contributed by atoms with van der Waals surface area (Å²) in [5.74, 6) is 1.03. The lowest BCUT2D eigenvalue weighted by atomic mass is 10.0. The molecule has 3 rings (SSSR count). The number of rotatable bonds is 4. The summed E-state index contributed by atoms with van der Waals surface area (Å²) in [4.78, 5) is 11.5. The molecule has 0 unspecified atom stereocenters. The number of carbonyl (C=O) groups excluding carboxylic acids is 1. The Balaban J connectivity index is 2.24. The minimum Gasteiger partial charge on any atom is -0.455 e. The normalized spacial score (nSPS) is 10.5. The average molecular weight is 278 g/mol. The molecule has 0 fully saturated rings. The van der Waals surface area contributed by atoms with E-state index in [-0.39, 0.29) is 6.61 Å². The van der Waals surface area contributed by atoms with Gasteiger partial charge in [-0.3, -0.25) is 4.79 Å². The Morgan fingerprint density at radius 3 is 1.86 bits per heavy atom. The van der Waals surface area contributed by atoms with E-state index >= 15 is 0 Å². The monoisotopic (exact) mass is 278 g/mol. The molecule has 3 nitrogen and oxygen atoms in total. The van der Waals surface area contributed by atoms with Crippen LogP contribution in [0.15, 0.2) is 65.1 Å². The van der Waals surface area contributed by atoms with Crippen molar-refractivity contribution < 1.29 is 14.3 Å². The molecule has 0 aliphatic heterocycles. The fourth-order valence-corrected chi connectivity index (χ4v) is 2.39. The fourth-order valence-electron chi connectivity index (χ4n) is 2.39. The highest BCUT2D eigenvalue weighted by atomic mass is 16.3. The third-order valence-electron chi connectivity index (χ3n) is 3.40. The van der Waals surface area contributed by atoms with Crippen molar-refractivity contribution in [2.45, 2.75) is 6.61 Å². The summed E-state index contributed by atoms with van der Waals surface area (Å²) in [5.41, 5.74) is 2.58. The van der Waals surface area contributed by atoms with Gasteiger partial charge in [-0.2, -0.15) is 0 Å². The van der Waals surface area contributed by atoms with Crippen molar-refractivity contribution in [2.75, 3.05) is 0 Å². The first-order valence-electron chi connectivity index (χ1n) is 6.67. The summed E-state index contributed by atoms with van der Waals surface area (Å²) in [6.07, 6.45) is 0.740. The number of carbonyl (C=O) groups is 1. The molecule has 0 aliphatic rings. The van der Waals surface area contributed by atoms with Gasteiger partial charge in [-0.15, -0.1) is 0 Å². The summed E-state index contributed by atoms with van der Waals surface area (Å²) in [6.45, 7) is -0.241. The number of furan rings is 1. The van der Waals surface area contributed by atoms with Gasteiger partial charge in [0.25, 0.3) is 0 Å². The molecular weight excluding hydrogens is 264 g/mol. The third kappa shape index (κ3) is 2.39. The third-order valence-corrected chi connectivity index (χ3v) is 3.40. The number of aldehydes is 1. The Bertz CT molecular complexity index is 743. The topological polar surface area (TPSA) is 50.4 Å². The summed E-state index contributed by atoms with van der Waals surface area (Å²) >= 11 is 0. The maximum absolute atomic E-state index is 11.5. The van der Waals surface area contributed by atoms with E-state index in [4.69, 9.17) is 4.42 Å². The van der Waals surface area contributed by atoms with Crippen LogP contribution in [-0.4, -0.2) is 11.4 Å². The zero-order valence-electron chi connectivity index (χ0n) is 11.3. The number of aliphatic hydroxyl groups is 1. The van der Waals surface area contributed by atoms with Gasteiger partial charge < -0.3 is 9.52 Å². The Kier molecular flexibility index (Phi) is 3.67. The van der Waals surface area contributed by atoms with Crippen LogP contribution in [0.25, 0.3) is 22.6 Å². The number of hydrogen-bond donors (Lipinski definition) is 1. The maximum Gasteiger partial charge on any atom is 0.154 e. The second-order valence-electron chi connectivity index (χ2n) is 4.66. The van der Waals surface area contributed by atoms with Gasteiger partial charge in [-0.1, -0.05) is 60.7 Å². The Labute approximate surface area is 122 Å². The van der Waals surface area contributed by atoms with E-state index in [0.717, 1.165) is 17.4 Å². The molecule has 21 heavy (non-hydrogen) atoms. The van der Waals surface area contributed by atoms with Gasteiger partial charge >= 0.3 is 0 Å². The molecule has 3 aromatic rings. The van der Waals surface area contributed by atoms with Crippen molar-refractivity contribution in [2.24, 2.45) is 0 Å². The molecular formula is C18H14O3. The minimum absolute atomic E-state index is 0.241. The summed E-state index contributed by atoms with van der Waals surface area (Å²) in [5, 5.41) is 9.63. The number of benzene rings is 2. The SMILES string of the molecule is O=Cc1c(-c2ccccc2)oc(-c2ccccc2)c1CO. The molecule has 1 N–H and O–H groups in total. The highest BCUT2D eigenvalue weighted by Crippen LogP contribution is 2.36. The maximum atomic E-state index is 11.5. The van der Waals surface area contributed by atoms with Crippen LogP contribution in [-0.2, 0) is 6.61 Å². The van der Waals surface area contributed by atoms with Crippen LogP contribution in [0.5, 0.6) is 0 Å². The van der Waals surface area contributed by atoms with E-state index in [1.54, 1.807) is 0 Å². The van der Waals surface area contributed by atoms with Gasteiger partial charge in [-0.25, -0.2) is 0 Å². The van der Waals surface area contributed by atoms with Gasteiger partial charge in [0, 0.05) is 16.7 Å². The lowest BCUT2D eigenvalue weighted by Gasteiger charge is -1.99. The molecule has 0 radical (unpaired) electrons. The minimum atomic E-state index is -0.241. The molecule has 0 atom stereocenters. The predicted octanol–water partition coefficient (Wildman–Crippen LogP) is 3.92. The average Bonchev–Trinajstić information content (AvgIpc) is 2.95. The van der Waals surface area contributed by atoms with Crippen molar-refractivity contribution in [1.82, 2.24) is 0 Å². The molecule has 0 spiro atoms. The molecule has 2 aromatic carbocycles. The number of hydrogen-bond acceptors (Lipinski definition) is 3. The fraction of sp³-hybridized carbons (Fsp3) is 0.0556. The smallest absolute Gasteiger partial charge is 0.154 e. The summed E-state index contributed by atoms with van der Waals surface area (Å²) in [7, 11) is 0. The van der Waals surface area contributed by atoms with Crippen LogP contribution in [0.1, 0.15) is 15.9 Å². The van der Waals surface area contributed by atoms with Crippen LogP contribution in [0.2, 0.25) is 0 Å². The van der Waals surface area contributed by atoms with Gasteiger partial charge in [0.15, 0.2) is 6.29 Å². The molecule has 1 heterocycles. The van der Waals surface area contributed by atoms with Crippen molar-refractivity contribution in [1.29, 1.82) is 0 Å². The zero-order chi connectivity index (χ0) is 14.7. The first kappa shape index (κ1) is 13.3. The first-order valence-corrected chi connectivity index (χ1v) is 6.67. The number of aliphatic hydroxyl groups excluding tert-OH is 1. The molecule has 0 amide bonds. The summed E-state index contributed by atoms with van der Waals surface area (Å²) < 4.78 is 5.91. The Morgan fingerprint density at radius 2 is 1.38 bits per heavy atom. The predicted molar refractivity (Wildman–Crippen MR) is 80.9 cm³/mol. The van der Waals surface area contributed by atoms with Crippen LogP contribution in [0.3, 0.4) is 0 Å². The zero-order valence-corrected chi connectivity index (χ0v) is 11.3. The molecule has 104 valence electrons. The molecule has 0 aliphatic carbocycles. The molecule has 0 saturated carbocycles. The molecule has 0 bridgehead atoms. The van der Waals surface area contributed by atoms with Gasteiger partial charge in [0.2, 0.25) is 0 Å². The second-order valence-corrected chi connectivity index (χ2v) is 4.66. The van der Waals surface area contributed by atoms with Gasteiger partial charge in [-0.05, 0) is 0 Å². The van der Waals surface area contributed by atoms with E-state index < -0.39 is 0 Å².